The van der Waals surface area contributed by atoms with Crippen LogP contribution in [-0.2, 0) is 14.3 Å². The normalized spacial score (nSPS) is 13.6. The molecule has 34 heavy (non-hydrogen) atoms. The summed E-state index contributed by atoms with van der Waals surface area (Å²) in [5, 5.41) is 9.09. The molecule has 202 valence electrons. The summed E-state index contributed by atoms with van der Waals surface area (Å²) in [5.74, 6) is -0.898. The molecule has 0 rings (SSSR count). The molecule has 0 saturated carbocycles. The molecular weight excluding hydrogens is 426 g/mol. The van der Waals surface area contributed by atoms with E-state index >= 15 is 0 Å². The summed E-state index contributed by atoms with van der Waals surface area (Å²) in [7, 11) is 5.92. The van der Waals surface area contributed by atoms with Crippen molar-refractivity contribution in [2.75, 3.05) is 27.7 Å². The first kappa shape index (κ1) is 32.9. The fourth-order valence-corrected chi connectivity index (χ4v) is 4.61. The summed E-state index contributed by atoms with van der Waals surface area (Å²) in [6, 6.07) is 0. The van der Waals surface area contributed by atoms with Crippen LogP contribution in [0.3, 0.4) is 0 Å². The van der Waals surface area contributed by atoms with Crippen LogP contribution in [-0.4, -0.2) is 55.3 Å². The molecule has 2 unspecified atom stereocenters. The Hall–Kier alpha value is -1.10. The predicted octanol–water partition coefficient (Wildman–Crippen LogP) is 7.76. The minimum Gasteiger partial charge on any atom is -0.481 e. The summed E-state index contributed by atoms with van der Waals surface area (Å²) in [4.78, 5) is 23.4. The minimum atomic E-state index is -0.924. The van der Waals surface area contributed by atoms with E-state index in [1.165, 1.54) is 96.3 Å². The highest BCUT2D eigenvalue weighted by atomic mass is 16.5. The van der Waals surface area contributed by atoms with Gasteiger partial charge in [-0.1, -0.05) is 123 Å². The summed E-state index contributed by atoms with van der Waals surface area (Å²) in [6.07, 6.45) is 22.6. The third-order valence-electron chi connectivity index (χ3n) is 6.52. The SMILES string of the molecule is CCCCCCCCCCCCCCCCCCC(C)CC(=O)OC(CC(=O)O)C[N+](C)(C)C. The fraction of sp³-hybridized carbons (Fsp3) is 0.931. The highest BCUT2D eigenvalue weighted by Gasteiger charge is 2.25. The van der Waals surface area contributed by atoms with Gasteiger partial charge in [0.15, 0.2) is 6.10 Å². The van der Waals surface area contributed by atoms with E-state index in [9.17, 15) is 9.59 Å². The van der Waals surface area contributed by atoms with Crippen LogP contribution in [0.15, 0.2) is 0 Å². The van der Waals surface area contributed by atoms with Crippen molar-refractivity contribution in [3.63, 3.8) is 0 Å². The average molecular weight is 485 g/mol. The van der Waals surface area contributed by atoms with Gasteiger partial charge < -0.3 is 14.3 Å². The average Bonchev–Trinajstić information content (AvgIpc) is 2.71. The zero-order valence-electron chi connectivity index (χ0n) is 23.4. The number of ether oxygens (including phenoxy) is 1. The molecule has 1 N–H and O–H groups in total. The Kier molecular flexibility index (Phi) is 20.5. The lowest BCUT2D eigenvalue weighted by atomic mass is 9.98. The Morgan fingerprint density at radius 2 is 1.12 bits per heavy atom. The molecule has 5 heteroatoms. The van der Waals surface area contributed by atoms with Gasteiger partial charge in [-0.3, -0.25) is 9.59 Å². The van der Waals surface area contributed by atoms with Crippen molar-refractivity contribution in [1.29, 1.82) is 0 Å². The van der Waals surface area contributed by atoms with E-state index in [1.807, 2.05) is 21.1 Å². The number of likely N-dealkylation sites (N-methyl/N-ethyl adjacent to an activating group) is 1. The molecule has 0 aromatic rings. The highest BCUT2D eigenvalue weighted by molar-refractivity contribution is 5.71. The first-order valence-corrected chi connectivity index (χ1v) is 14.4. The van der Waals surface area contributed by atoms with Crippen molar-refractivity contribution in [2.24, 2.45) is 5.92 Å². The molecule has 5 nitrogen and oxygen atoms in total. The zero-order valence-corrected chi connectivity index (χ0v) is 23.4. The van der Waals surface area contributed by atoms with Crippen molar-refractivity contribution in [2.45, 2.75) is 142 Å². The van der Waals surface area contributed by atoms with E-state index in [4.69, 9.17) is 9.84 Å². The van der Waals surface area contributed by atoms with E-state index in [2.05, 4.69) is 13.8 Å². The predicted molar refractivity (Wildman–Crippen MR) is 143 cm³/mol. The molecule has 0 fully saturated rings. The van der Waals surface area contributed by atoms with Crippen LogP contribution in [0.1, 0.15) is 136 Å². The molecule has 0 aliphatic heterocycles. The Labute approximate surface area is 211 Å². The Bertz CT molecular complexity index is 501. The molecule has 0 aliphatic carbocycles. The number of hydrogen-bond acceptors (Lipinski definition) is 3. The first-order chi connectivity index (χ1) is 16.1. The Morgan fingerprint density at radius 1 is 0.706 bits per heavy atom. The molecule has 0 amide bonds. The van der Waals surface area contributed by atoms with Crippen LogP contribution in [0.2, 0.25) is 0 Å². The lowest BCUT2D eigenvalue weighted by molar-refractivity contribution is -0.873. The quantitative estimate of drug-likeness (QED) is 0.0863. The summed E-state index contributed by atoms with van der Waals surface area (Å²) in [5.41, 5.74) is 0. The van der Waals surface area contributed by atoms with Crippen molar-refractivity contribution < 1.29 is 23.9 Å². The van der Waals surface area contributed by atoms with E-state index < -0.39 is 12.1 Å². The van der Waals surface area contributed by atoms with Gasteiger partial charge in [0, 0.05) is 6.42 Å². The number of hydrogen-bond donors (Lipinski definition) is 1. The maximum atomic E-state index is 12.3. The van der Waals surface area contributed by atoms with E-state index in [1.54, 1.807) is 0 Å². The number of quaternary nitrogens is 1. The molecule has 0 spiro atoms. The number of rotatable bonds is 24. The van der Waals surface area contributed by atoms with Crippen LogP contribution in [0.25, 0.3) is 0 Å². The molecular formula is C29H58NO4+. The molecule has 0 aliphatic rings. The second-order valence-electron chi connectivity index (χ2n) is 11.6. The van der Waals surface area contributed by atoms with Crippen molar-refractivity contribution >= 4 is 11.9 Å². The first-order valence-electron chi connectivity index (χ1n) is 14.4. The van der Waals surface area contributed by atoms with Crippen LogP contribution in [0.5, 0.6) is 0 Å². The van der Waals surface area contributed by atoms with Crippen LogP contribution in [0.4, 0.5) is 0 Å². The maximum Gasteiger partial charge on any atom is 0.307 e. The van der Waals surface area contributed by atoms with Crippen molar-refractivity contribution in [1.82, 2.24) is 0 Å². The standard InChI is InChI=1S/C29H57NO4/c1-6-7-8-9-10-11-12-13-14-15-16-17-18-19-20-21-22-26(2)23-29(33)34-27(24-28(31)32)25-30(3,4)5/h26-27H,6-25H2,1-5H3/p+1. The lowest BCUT2D eigenvalue weighted by Gasteiger charge is -2.28. The smallest absolute Gasteiger partial charge is 0.307 e. The topological polar surface area (TPSA) is 63.6 Å². The van der Waals surface area contributed by atoms with E-state index in [0.29, 0.717) is 17.4 Å². The van der Waals surface area contributed by atoms with Gasteiger partial charge in [0.25, 0.3) is 0 Å². The number of carboxylic acids is 1. The lowest BCUT2D eigenvalue weighted by Crippen LogP contribution is -2.43. The molecule has 0 saturated heterocycles. The molecule has 0 heterocycles. The second-order valence-corrected chi connectivity index (χ2v) is 11.6. The molecule has 0 aromatic heterocycles. The van der Waals surface area contributed by atoms with Gasteiger partial charge in [0.05, 0.1) is 27.6 Å². The summed E-state index contributed by atoms with van der Waals surface area (Å²) < 4.78 is 6.07. The van der Waals surface area contributed by atoms with Gasteiger partial charge >= 0.3 is 11.9 Å². The van der Waals surface area contributed by atoms with Gasteiger partial charge in [-0.05, 0) is 5.92 Å². The van der Waals surface area contributed by atoms with Gasteiger partial charge in [0.1, 0.15) is 6.54 Å². The second kappa shape index (κ2) is 21.2. The minimum absolute atomic E-state index is 0.130. The fourth-order valence-electron chi connectivity index (χ4n) is 4.61. The third kappa shape index (κ3) is 24.0. The Balaban J connectivity index is 3.63. The molecule has 0 bridgehead atoms. The van der Waals surface area contributed by atoms with Crippen LogP contribution in [0, 0.1) is 5.92 Å². The van der Waals surface area contributed by atoms with Gasteiger partial charge in [-0.15, -0.1) is 0 Å². The third-order valence-corrected chi connectivity index (χ3v) is 6.52. The largest absolute Gasteiger partial charge is 0.481 e. The van der Waals surface area contributed by atoms with Crippen molar-refractivity contribution in [3.8, 4) is 0 Å². The number of nitrogens with zero attached hydrogens (tertiary/aromatic N) is 1. The number of carboxylic acid groups (broad SMARTS) is 1. The van der Waals surface area contributed by atoms with Crippen LogP contribution < -0.4 is 0 Å². The molecule has 0 aromatic carbocycles. The number of aliphatic carboxylic acids is 1. The number of carbonyl (C=O) groups is 2. The zero-order chi connectivity index (χ0) is 25.7. The monoisotopic (exact) mass is 484 g/mol. The van der Waals surface area contributed by atoms with Gasteiger partial charge in [0.2, 0.25) is 0 Å². The number of carbonyl (C=O) groups excluding carboxylic acids is 1. The Morgan fingerprint density at radius 3 is 1.50 bits per heavy atom. The molecule has 0 radical (unpaired) electrons. The van der Waals surface area contributed by atoms with Gasteiger partial charge in [-0.25, -0.2) is 0 Å². The maximum absolute atomic E-state index is 12.3. The van der Waals surface area contributed by atoms with Crippen LogP contribution >= 0.6 is 0 Å². The number of esters is 1. The summed E-state index contributed by atoms with van der Waals surface area (Å²) in [6.45, 7) is 4.88. The van der Waals surface area contributed by atoms with Gasteiger partial charge in [-0.2, -0.15) is 0 Å². The highest BCUT2D eigenvalue weighted by Crippen LogP contribution is 2.18. The van der Waals surface area contributed by atoms with E-state index in [-0.39, 0.29) is 18.3 Å². The molecule has 2 atom stereocenters. The van der Waals surface area contributed by atoms with E-state index in [0.717, 1.165) is 12.8 Å². The van der Waals surface area contributed by atoms with Crippen molar-refractivity contribution in [3.05, 3.63) is 0 Å². The number of unbranched alkanes of at least 4 members (excludes halogenated alkanes) is 15. The summed E-state index contributed by atoms with van der Waals surface area (Å²) >= 11 is 0.